The van der Waals surface area contributed by atoms with Crippen molar-refractivity contribution in [3.05, 3.63) is 22.3 Å². The summed E-state index contributed by atoms with van der Waals surface area (Å²) < 4.78 is 11.7. The Hall–Kier alpha value is -1.63. The van der Waals surface area contributed by atoms with Gasteiger partial charge < -0.3 is 14.4 Å². The third-order valence-electron chi connectivity index (χ3n) is 3.37. The van der Waals surface area contributed by atoms with Gasteiger partial charge in [-0.3, -0.25) is 4.79 Å². The van der Waals surface area contributed by atoms with Gasteiger partial charge in [0, 0.05) is 29.7 Å². The van der Waals surface area contributed by atoms with Gasteiger partial charge in [-0.1, -0.05) is 0 Å². The fourth-order valence-corrected chi connectivity index (χ4v) is 2.65. The number of hydrogen-bond acceptors (Lipinski definition) is 5. The first kappa shape index (κ1) is 17.7. The Bertz CT molecular complexity index is 586. The summed E-state index contributed by atoms with van der Waals surface area (Å²) >= 11 is 3.27. The first-order chi connectivity index (χ1) is 10.8. The largest absolute Gasteiger partial charge is 0.477 e. The number of rotatable bonds is 4. The molecule has 0 saturated carbocycles. The van der Waals surface area contributed by atoms with E-state index in [4.69, 9.17) is 9.47 Å². The van der Waals surface area contributed by atoms with Gasteiger partial charge in [0.15, 0.2) is 6.29 Å². The number of ether oxygens (including phenoxy) is 2. The van der Waals surface area contributed by atoms with Crippen LogP contribution in [0, 0.1) is 5.92 Å². The molecule has 0 radical (unpaired) electrons. The van der Waals surface area contributed by atoms with Crippen LogP contribution in [0.4, 0.5) is 4.79 Å². The van der Waals surface area contributed by atoms with Crippen LogP contribution in [0.2, 0.25) is 0 Å². The molecule has 0 aromatic carbocycles. The Labute approximate surface area is 144 Å². The van der Waals surface area contributed by atoms with E-state index in [-0.39, 0.29) is 12.0 Å². The Morgan fingerprint density at radius 2 is 2.26 bits per heavy atom. The average molecular weight is 385 g/mol. The van der Waals surface area contributed by atoms with Crippen molar-refractivity contribution in [3.8, 4) is 5.88 Å². The van der Waals surface area contributed by atoms with E-state index in [1.165, 1.54) is 0 Å². The van der Waals surface area contributed by atoms with Crippen LogP contribution in [0.5, 0.6) is 5.88 Å². The lowest BCUT2D eigenvalue weighted by atomic mass is 10.1. The number of pyridine rings is 1. The highest BCUT2D eigenvalue weighted by Gasteiger charge is 2.30. The SMILES string of the molecule is CC(C)(C)OC(=O)N1CC[C@@H](COc2ncc(Br)cc2C=O)C1. The van der Waals surface area contributed by atoms with Crippen molar-refractivity contribution < 1.29 is 19.1 Å². The molecule has 6 nitrogen and oxygen atoms in total. The quantitative estimate of drug-likeness (QED) is 0.744. The van der Waals surface area contributed by atoms with E-state index in [2.05, 4.69) is 20.9 Å². The topological polar surface area (TPSA) is 68.7 Å². The fraction of sp³-hybridized carbons (Fsp3) is 0.562. The Balaban J connectivity index is 1.87. The van der Waals surface area contributed by atoms with Crippen LogP contribution in [0.15, 0.2) is 16.7 Å². The summed E-state index contributed by atoms with van der Waals surface area (Å²) in [6.45, 7) is 7.19. The van der Waals surface area contributed by atoms with Crippen LogP contribution < -0.4 is 4.74 Å². The van der Waals surface area contributed by atoms with Crippen molar-refractivity contribution in [1.29, 1.82) is 0 Å². The first-order valence-corrected chi connectivity index (χ1v) is 8.29. The maximum atomic E-state index is 12.0. The molecule has 1 amide bonds. The predicted octanol–water partition coefficient (Wildman–Crippen LogP) is 3.29. The number of halogens is 1. The number of aromatic nitrogens is 1. The molecule has 1 aliphatic heterocycles. The van der Waals surface area contributed by atoms with Gasteiger partial charge in [-0.25, -0.2) is 9.78 Å². The maximum absolute atomic E-state index is 12.0. The van der Waals surface area contributed by atoms with Crippen LogP contribution in [0.1, 0.15) is 37.6 Å². The van der Waals surface area contributed by atoms with Gasteiger partial charge in [0.2, 0.25) is 5.88 Å². The standard InChI is InChI=1S/C16H21BrN2O4/c1-16(2,3)23-15(21)19-5-4-11(8-19)10-22-14-12(9-20)6-13(17)7-18-14/h6-7,9,11H,4-5,8,10H2,1-3H3/t11-/m1/s1. The van der Waals surface area contributed by atoms with Gasteiger partial charge in [0.25, 0.3) is 0 Å². The zero-order chi connectivity index (χ0) is 17.0. The van der Waals surface area contributed by atoms with E-state index in [0.717, 1.165) is 17.2 Å². The fourth-order valence-electron chi connectivity index (χ4n) is 2.31. The normalized spacial score (nSPS) is 17.9. The van der Waals surface area contributed by atoms with Crippen LogP contribution in [-0.2, 0) is 4.74 Å². The molecule has 0 N–H and O–H groups in total. The van der Waals surface area contributed by atoms with Gasteiger partial charge in [0.1, 0.15) is 5.60 Å². The van der Waals surface area contributed by atoms with Gasteiger partial charge in [-0.05, 0) is 49.2 Å². The first-order valence-electron chi connectivity index (χ1n) is 7.50. The van der Waals surface area contributed by atoms with Crippen LogP contribution >= 0.6 is 15.9 Å². The predicted molar refractivity (Wildman–Crippen MR) is 88.7 cm³/mol. The van der Waals surface area contributed by atoms with Crippen molar-refractivity contribution in [2.24, 2.45) is 5.92 Å². The molecule has 1 aromatic rings. The summed E-state index contributed by atoms with van der Waals surface area (Å²) in [5.74, 6) is 0.520. The smallest absolute Gasteiger partial charge is 0.410 e. The monoisotopic (exact) mass is 384 g/mol. The number of likely N-dealkylation sites (tertiary alicyclic amines) is 1. The van der Waals surface area contributed by atoms with Crippen molar-refractivity contribution in [2.75, 3.05) is 19.7 Å². The van der Waals surface area contributed by atoms with Crippen molar-refractivity contribution in [2.45, 2.75) is 32.8 Å². The second kappa shape index (κ2) is 7.29. The number of nitrogens with zero attached hydrogens (tertiary/aromatic N) is 2. The molecule has 1 fully saturated rings. The Morgan fingerprint density at radius 1 is 1.52 bits per heavy atom. The molecule has 0 aliphatic carbocycles. The molecule has 2 heterocycles. The highest BCUT2D eigenvalue weighted by Crippen LogP contribution is 2.22. The number of amides is 1. The van der Waals surface area contributed by atoms with Crippen LogP contribution in [-0.4, -0.2) is 47.6 Å². The van der Waals surface area contributed by atoms with Crippen LogP contribution in [0.25, 0.3) is 0 Å². The summed E-state index contributed by atoms with van der Waals surface area (Å²) in [6, 6.07) is 1.66. The second-order valence-corrected chi connectivity index (χ2v) is 7.47. The summed E-state index contributed by atoms with van der Waals surface area (Å²) in [7, 11) is 0. The molecular formula is C16H21BrN2O4. The molecule has 7 heteroatoms. The average Bonchev–Trinajstić information content (AvgIpc) is 2.93. The van der Waals surface area contributed by atoms with Crippen molar-refractivity contribution in [1.82, 2.24) is 9.88 Å². The molecular weight excluding hydrogens is 364 g/mol. The van der Waals surface area contributed by atoms with E-state index in [1.54, 1.807) is 17.2 Å². The Kier molecular flexibility index (Phi) is 5.62. The number of aldehydes is 1. The van der Waals surface area contributed by atoms with E-state index in [0.29, 0.717) is 31.1 Å². The van der Waals surface area contributed by atoms with Crippen molar-refractivity contribution in [3.63, 3.8) is 0 Å². The molecule has 1 aliphatic rings. The third kappa shape index (κ3) is 5.20. The van der Waals surface area contributed by atoms with Gasteiger partial charge >= 0.3 is 6.09 Å². The minimum Gasteiger partial charge on any atom is -0.477 e. The minimum atomic E-state index is -0.494. The van der Waals surface area contributed by atoms with Crippen molar-refractivity contribution >= 4 is 28.3 Å². The van der Waals surface area contributed by atoms with Gasteiger partial charge in [-0.15, -0.1) is 0 Å². The summed E-state index contributed by atoms with van der Waals surface area (Å²) in [4.78, 5) is 28.9. The maximum Gasteiger partial charge on any atom is 0.410 e. The van der Waals surface area contributed by atoms with Gasteiger partial charge in [-0.2, -0.15) is 0 Å². The molecule has 0 spiro atoms. The minimum absolute atomic E-state index is 0.201. The zero-order valence-electron chi connectivity index (χ0n) is 13.5. The lowest BCUT2D eigenvalue weighted by molar-refractivity contribution is 0.0284. The van der Waals surface area contributed by atoms with E-state index in [9.17, 15) is 9.59 Å². The molecule has 23 heavy (non-hydrogen) atoms. The molecule has 2 rings (SSSR count). The van der Waals surface area contributed by atoms with E-state index < -0.39 is 5.60 Å². The van der Waals surface area contributed by atoms with E-state index >= 15 is 0 Å². The lowest BCUT2D eigenvalue weighted by Gasteiger charge is -2.24. The van der Waals surface area contributed by atoms with Gasteiger partial charge in [0.05, 0.1) is 12.2 Å². The summed E-state index contributed by atoms with van der Waals surface area (Å²) in [6.07, 6.45) is 2.85. The zero-order valence-corrected chi connectivity index (χ0v) is 15.1. The highest BCUT2D eigenvalue weighted by molar-refractivity contribution is 9.10. The lowest BCUT2D eigenvalue weighted by Crippen LogP contribution is -2.35. The molecule has 1 atom stereocenters. The second-order valence-electron chi connectivity index (χ2n) is 6.56. The molecule has 0 bridgehead atoms. The number of hydrogen-bond donors (Lipinski definition) is 0. The Morgan fingerprint density at radius 3 is 2.91 bits per heavy atom. The molecule has 1 aromatic heterocycles. The molecule has 0 unspecified atom stereocenters. The third-order valence-corrected chi connectivity index (χ3v) is 3.80. The summed E-state index contributed by atoms with van der Waals surface area (Å²) in [5.41, 5.74) is -0.0901. The van der Waals surface area contributed by atoms with Crippen LogP contribution in [0.3, 0.4) is 0 Å². The molecule has 1 saturated heterocycles. The highest BCUT2D eigenvalue weighted by atomic mass is 79.9. The number of carbonyl (C=O) groups excluding carboxylic acids is 2. The van der Waals surface area contributed by atoms with E-state index in [1.807, 2.05) is 20.8 Å². The summed E-state index contributed by atoms with van der Waals surface area (Å²) in [5, 5.41) is 0. The molecule has 126 valence electrons. The number of carbonyl (C=O) groups is 2.